The van der Waals surface area contributed by atoms with Gasteiger partial charge < -0.3 is 14.7 Å². The first-order valence-corrected chi connectivity index (χ1v) is 12.7. The monoisotopic (exact) mass is 562 g/mol. The predicted molar refractivity (Wildman–Crippen MR) is 141 cm³/mol. The molecule has 0 saturated heterocycles. The molecular formula is C27H22ClF3N2O4S. The van der Waals surface area contributed by atoms with Crippen LogP contribution in [0.3, 0.4) is 0 Å². The van der Waals surface area contributed by atoms with Crippen molar-refractivity contribution in [2.24, 2.45) is 0 Å². The summed E-state index contributed by atoms with van der Waals surface area (Å²) in [5.41, 5.74) is 1.33. The second-order valence-corrected chi connectivity index (χ2v) is 10.4. The third-order valence-corrected chi connectivity index (χ3v) is 6.86. The summed E-state index contributed by atoms with van der Waals surface area (Å²) < 4.78 is 46.7. The van der Waals surface area contributed by atoms with E-state index in [1.807, 2.05) is 0 Å². The highest BCUT2D eigenvalue weighted by Crippen LogP contribution is 2.35. The molecular weight excluding hydrogens is 541 g/mol. The van der Waals surface area contributed by atoms with Gasteiger partial charge in [-0.1, -0.05) is 29.8 Å². The number of carboxylic acids is 1. The second-order valence-electron chi connectivity index (χ2n) is 8.76. The summed E-state index contributed by atoms with van der Waals surface area (Å²) in [7, 11) is 0. The lowest BCUT2D eigenvalue weighted by Crippen LogP contribution is -2.42. The summed E-state index contributed by atoms with van der Waals surface area (Å²) in [4.78, 5) is 29.8. The van der Waals surface area contributed by atoms with E-state index in [-0.39, 0.29) is 12.5 Å². The first-order valence-electron chi connectivity index (χ1n) is 11.5. The molecule has 1 aromatic heterocycles. The number of halogens is 4. The molecule has 6 nitrogen and oxygen atoms in total. The summed E-state index contributed by atoms with van der Waals surface area (Å²) >= 11 is 7.18. The van der Waals surface area contributed by atoms with Gasteiger partial charge in [-0.05, 0) is 73.0 Å². The van der Waals surface area contributed by atoms with Gasteiger partial charge in [0.1, 0.15) is 11.8 Å². The molecule has 4 aromatic rings. The molecule has 4 rings (SSSR count). The van der Waals surface area contributed by atoms with Gasteiger partial charge in [0, 0.05) is 12.1 Å². The minimum Gasteiger partial charge on any atom is -0.491 e. The predicted octanol–water partition coefficient (Wildman–Crippen LogP) is 7.08. The van der Waals surface area contributed by atoms with Gasteiger partial charge in [0.25, 0.3) is 0 Å². The molecule has 198 valence electrons. The second kappa shape index (κ2) is 11.0. The average molecular weight is 563 g/mol. The van der Waals surface area contributed by atoms with E-state index in [1.54, 1.807) is 56.3 Å². The maximum atomic E-state index is 13.3. The highest BCUT2D eigenvalue weighted by Gasteiger charge is 2.31. The molecule has 38 heavy (non-hydrogen) atoms. The molecule has 11 heteroatoms. The minimum atomic E-state index is -4.51. The molecule has 0 spiro atoms. The quantitative estimate of drug-likeness (QED) is 0.220. The van der Waals surface area contributed by atoms with Crippen LogP contribution in [0.1, 0.15) is 25.0 Å². The lowest BCUT2D eigenvalue weighted by Gasteiger charge is -2.26. The normalized spacial score (nSPS) is 12.5. The van der Waals surface area contributed by atoms with Crippen LogP contribution in [0.4, 0.5) is 18.9 Å². The maximum absolute atomic E-state index is 13.3. The van der Waals surface area contributed by atoms with Crippen LogP contribution in [0.25, 0.3) is 21.3 Å². The van der Waals surface area contributed by atoms with Crippen molar-refractivity contribution in [1.29, 1.82) is 0 Å². The van der Waals surface area contributed by atoms with Crippen molar-refractivity contribution in [3.63, 3.8) is 0 Å². The Labute approximate surface area is 225 Å². The van der Waals surface area contributed by atoms with E-state index >= 15 is 0 Å². The zero-order valence-electron chi connectivity index (χ0n) is 20.2. The zero-order chi connectivity index (χ0) is 27.6. The summed E-state index contributed by atoms with van der Waals surface area (Å²) in [6.45, 7) is 3.60. The molecule has 0 aliphatic rings. The SMILES string of the molecule is CC(C)Oc1ccc(-c2cccc(C(F)(F)F)c2)cc1CC(C(=O)O)N(C=O)c1ccc2nc(Cl)sc2c1. The number of benzene rings is 3. The molecule has 1 N–H and O–H groups in total. The molecule has 0 bridgehead atoms. The molecule has 1 unspecified atom stereocenters. The number of aromatic nitrogens is 1. The van der Waals surface area contributed by atoms with Gasteiger partial charge >= 0.3 is 12.1 Å². The number of amides is 1. The van der Waals surface area contributed by atoms with Crippen LogP contribution in [-0.4, -0.2) is 34.6 Å². The van der Waals surface area contributed by atoms with Crippen LogP contribution in [0.15, 0.2) is 60.7 Å². The fourth-order valence-corrected chi connectivity index (χ4v) is 5.10. The molecule has 0 saturated carbocycles. The summed E-state index contributed by atoms with van der Waals surface area (Å²) in [5, 5.41) is 10.1. The van der Waals surface area contributed by atoms with E-state index < -0.39 is 23.8 Å². The van der Waals surface area contributed by atoms with E-state index in [9.17, 15) is 27.9 Å². The van der Waals surface area contributed by atoms with Crippen LogP contribution in [0.5, 0.6) is 5.75 Å². The Morgan fingerprint density at radius 3 is 2.53 bits per heavy atom. The topological polar surface area (TPSA) is 79.7 Å². The van der Waals surface area contributed by atoms with Crippen LogP contribution >= 0.6 is 22.9 Å². The number of aliphatic carboxylic acids is 1. The minimum absolute atomic E-state index is 0.162. The largest absolute Gasteiger partial charge is 0.491 e. The fraction of sp³-hybridized carbons (Fsp3) is 0.222. The third kappa shape index (κ3) is 6.08. The van der Waals surface area contributed by atoms with Crippen LogP contribution < -0.4 is 9.64 Å². The Morgan fingerprint density at radius 1 is 1.13 bits per heavy atom. The van der Waals surface area contributed by atoms with Gasteiger partial charge in [-0.25, -0.2) is 9.78 Å². The van der Waals surface area contributed by atoms with Gasteiger partial charge in [-0.3, -0.25) is 4.79 Å². The van der Waals surface area contributed by atoms with Crippen molar-refractivity contribution >= 4 is 51.2 Å². The Kier molecular flexibility index (Phi) is 7.94. The molecule has 0 aliphatic heterocycles. The third-order valence-electron chi connectivity index (χ3n) is 5.74. The number of carbonyl (C=O) groups excluding carboxylic acids is 1. The van der Waals surface area contributed by atoms with Crippen molar-refractivity contribution in [2.75, 3.05) is 4.90 Å². The lowest BCUT2D eigenvalue weighted by atomic mass is 9.96. The molecule has 3 aromatic carbocycles. The smallest absolute Gasteiger partial charge is 0.416 e. The number of carbonyl (C=O) groups is 2. The standard InChI is InChI=1S/C27H22ClF3N2O4S/c1-15(2)37-23-9-6-17(16-4-3-5-19(11-16)27(29,30)31)10-18(23)12-22(25(35)36)33(14-34)20-7-8-21-24(13-20)38-26(28)32-21/h3-11,13-15,22H,12H2,1-2H3,(H,35,36). The molecule has 1 atom stereocenters. The Hall–Kier alpha value is -3.63. The molecule has 1 amide bonds. The van der Waals surface area contributed by atoms with Crippen LogP contribution in [0, 0.1) is 0 Å². The number of hydrogen-bond acceptors (Lipinski definition) is 5. The van der Waals surface area contributed by atoms with Gasteiger partial charge in [0.15, 0.2) is 4.47 Å². The summed E-state index contributed by atoms with van der Waals surface area (Å²) in [6.07, 6.45) is -4.49. The summed E-state index contributed by atoms with van der Waals surface area (Å²) in [5.74, 6) is -0.892. The number of alkyl halides is 3. The van der Waals surface area contributed by atoms with Crippen molar-refractivity contribution in [3.05, 3.63) is 76.3 Å². The van der Waals surface area contributed by atoms with E-state index in [0.29, 0.717) is 49.2 Å². The zero-order valence-corrected chi connectivity index (χ0v) is 21.8. The van der Waals surface area contributed by atoms with E-state index in [2.05, 4.69) is 4.98 Å². The van der Waals surface area contributed by atoms with Gasteiger partial charge in [-0.15, -0.1) is 11.3 Å². The number of fused-ring (bicyclic) bond motifs is 1. The van der Waals surface area contributed by atoms with Crippen molar-refractivity contribution < 1.29 is 32.6 Å². The van der Waals surface area contributed by atoms with Crippen LogP contribution in [0.2, 0.25) is 4.47 Å². The fourth-order valence-electron chi connectivity index (χ4n) is 4.04. The van der Waals surface area contributed by atoms with Gasteiger partial charge in [0.05, 0.1) is 21.9 Å². The highest BCUT2D eigenvalue weighted by molar-refractivity contribution is 7.22. The average Bonchev–Trinajstić information content (AvgIpc) is 3.23. The first-order chi connectivity index (χ1) is 18.0. The molecule has 1 heterocycles. The molecule has 0 radical (unpaired) electrons. The van der Waals surface area contributed by atoms with Crippen molar-refractivity contribution in [3.8, 4) is 16.9 Å². The van der Waals surface area contributed by atoms with E-state index in [1.165, 1.54) is 17.4 Å². The van der Waals surface area contributed by atoms with Crippen LogP contribution in [-0.2, 0) is 22.2 Å². The maximum Gasteiger partial charge on any atom is 0.416 e. The molecule has 0 aliphatic carbocycles. The lowest BCUT2D eigenvalue weighted by molar-refractivity contribution is -0.139. The number of nitrogens with zero attached hydrogens (tertiary/aromatic N) is 2. The summed E-state index contributed by atoms with van der Waals surface area (Å²) in [6, 6.07) is 13.2. The Bertz CT molecular complexity index is 1490. The number of hydrogen-bond donors (Lipinski definition) is 1. The number of anilines is 1. The Morgan fingerprint density at radius 2 is 1.87 bits per heavy atom. The van der Waals surface area contributed by atoms with E-state index in [4.69, 9.17) is 16.3 Å². The first kappa shape index (κ1) is 27.4. The number of thiazole rings is 1. The Balaban J connectivity index is 1.75. The number of rotatable bonds is 9. The van der Waals surface area contributed by atoms with Crippen molar-refractivity contribution in [2.45, 2.75) is 38.6 Å². The van der Waals surface area contributed by atoms with Gasteiger partial charge in [0.2, 0.25) is 6.41 Å². The highest BCUT2D eigenvalue weighted by atomic mass is 35.5. The molecule has 0 fully saturated rings. The van der Waals surface area contributed by atoms with Crippen molar-refractivity contribution in [1.82, 2.24) is 4.98 Å². The number of carboxylic acid groups (broad SMARTS) is 1. The number of ether oxygens (including phenoxy) is 1. The van der Waals surface area contributed by atoms with E-state index in [0.717, 1.165) is 17.0 Å². The van der Waals surface area contributed by atoms with Gasteiger partial charge in [-0.2, -0.15) is 13.2 Å².